The van der Waals surface area contributed by atoms with Gasteiger partial charge in [-0.15, -0.1) is 0 Å². The second kappa shape index (κ2) is 10.1. The number of rotatable bonds is 9. The summed E-state index contributed by atoms with van der Waals surface area (Å²) in [5.41, 5.74) is 4.59. The van der Waals surface area contributed by atoms with Gasteiger partial charge in [0, 0.05) is 35.9 Å². The van der Waals surface area contributed by atoms with Crippen LogP contribution in [0.3, 0.4) is 0 Å². The second-order valence-electron chi connectivity index (χ2n) is 7.49. The van der Waals surface area contributed by atoms with E-state index in [1.807, 2.05) is 63.2 Å². The number of aliphatic hydroxyl groups is 1. The van der Waals surface area contributed by atoms with Crippen LogP contribution in [-0.2, 0) is 11.2 Å². The average Bonchev–Trinajstić information content (AvgIpc) is 3.10. The number of pyridine rings is 1. The molecule has 2 atom stereocenters. The molecule has 2 heterocycles. The van der Waals surface area contributed by atoms with Crippen molar-refractivity contribution in [2.75, 3.05) is 18.4 Å². The minimum absolute atomic E-state index is 0.0972. The molecule has 158 valence electrons. The number of nitrogens with one attached hydrogen (secondary N) is 2. The lowest BCUT2D eigenvalue weighted by atomic mass is 10.1. The maximum absolute atomic E-state index is 12.5. The highest BCUT2D eigenvalue weighted by molar-refractivity contribution is 5.93. The van der Waals surface area contributed by atoms with Crippen molar-refractivity contribution in [3.05, 3.63) is 77.4 Å². The molecule has 1 aromatic carbocycles. The van der Waals surface area contributed by atoms with Gasteiger partial charge < -0.3 is 15.7 Å². The first kappa shape index (κ1) is 21.7. The van der Waals surface area contributed by atoms with Crippen LogP contribution in [-0.4, -0.2) is 38.9 Å². The lowest BCUT2D eigenvalue weighted by Crippen LogP contribution is -2.25. The Morgan fingerprint density at radius 1 is 1.20 bits per heavy atom. The van der Waals surface area contributed by atoms with Gasteiger partial charge in [-0.05, 0) is 63.6 Å². The highest BCUT2D eigenvalue weighted by Crippen LogP contribution is 2.15. The van der Waals surface area contributed by atoms with Crippen LogP contribution in [0.2, 0.25) is 0 Å². The zero-order chi connectivity index (χ0) is 21.5. The van der Waals surface area contributed by atoms with Crippen molar-refractivity contribution in [2.24, 2.45) is 0 Å². The van der Waals surface area contributed by atoms with E-state index in [-0.39, 0.29) is 11.9 Å². The molecule has 0 bridgehead atoms. The minimum Gasteiger partial charge on any atom is -0.387 e. The average molecular weight is 408 g/mol. The van der Waals surface area contributed by atoms with Crippen LogP contribution in [0.1, 0.15) is 41.6 Å². The number of hydrogen-bond donors (Lipinski definition) is 3. The Morgan fingerprint density at radius 3 is 2.60 bits per heavy atom. The Morgan fingerprint density at radius 2 is 1.97 bits per heavy atom. The molecule has 0 aliphatic carbocycles. The normalized spacial score (nSPS) is 13.1. The van der Waals surface area contributed by atoms with Crippen molar-refractivity contribution in [2.45, 2.75) is 39.3 Å². The van der Waals surface area contributed by atoms with Gasteiger partial charge >= 0.3 is 0 Å². The fraction of sp³-hybridized carbons (Fsp3) is 0.348. The number of aliphatic hydroxyl groups excluding tert-OH is 1. The molecule has 0 saturated carbocycles. The molecule has 0 fully saturated rings. The van der Waals surface area contributed by atoms with Crippen molar-refractivity contribution in [1.82, 2.24) is 20.1 Å². The first-order valence-corrected chi connectivity index (χ1v) is 10.2. The number of aryl methyl sites for hydroxylation is 2. The number of carbonyl (C=O) groups is 1. The number of benzene rings is 1. The number of aromatic nitrogens is 3. The van der Waals surface area contributed by atoms with Crippen LogP contribution in [0.4, 0.5) is 5.69 Å². The molecule has 0 spiro atoms. The quantitative estimate of drug-likeness (QED) is 0.474. The summed E-state index contributed by atoms with van der Waals surface area (Å²) < 4.78 is 1.74. The second-order valence-corrected chi connectivity index (χ2v) is 7.49. The van der Waals surface area contributed by atoms with Gasteiger partial charge in [-0.2, -0.15) is 5.10 Å². The predicted molar refractivity (Wildman–Crippen MR) is 117 cm³/mol. The Kier molecular flexibility index (Phi) is 7.32. The maximum Gasteiger partial charge on any atom is 0.248 e. The van der Waals surface area contributed by atoms with Gasteiger partial charge in [0.05, 0.1) is 11.8 Å². The number of hydrogen-bond acceptors (Lipinski definition) is 5. The van der Waals surface area contributed by atoms with Crippen molar-refractivity contribution >= 4 is 11.6 Å². The third-order valence-electron chi connectivity index (χ3n) is 5.01. The highest BCUT2D eigenvalue weighted by atomic mass is 16.3. The number of anilines is 1. The standard InChI is InChI=1S/C23H29N5O2/c1-16-13-17(2)28(27-16)18(3)23(30)26-21-8-6-19(7-9-21)10-12-25-15-22(29)20-5-4-11-24-14-20/h4-9,11,13-14,18,22,25,29H,10,12,15H2,1-3H3,(H,26,30)/t18?,22-/m0/s1. The number of amides is 1. The van der Waals surface area contributed by atoms with Gasteiger partial charge in [0.2, 0.25) is 5.91 Å². The monoisotopic (exact) mass is 407 g/mol. The van der Waals surface area contributed by atoms with E-state index < -0.39 is 6.10 Å². The molecule has 0 radical (unpaired) electrons. The van der Waals surface area contributed by atoms with Crippen molar-refractivity contribution in [3.8, 4) is 0 Å². The van der Waals surface area contributed by atoms with E-state index in [1.165, 1.54) is 0 Å². The molecule has 0 aliphatic rings. The maximum atomic E-state index is 12.5. The minimum atomic E-state index is -0.569. The number of carbonyl (C=O) groups excluding carboxylic acids is 1. The zero-order valence-corrected chi connectivity index (χ0v) is 17.7. The number of nitrogens with zero attached hydrogens (tertiary/aromatic N) is 3. The van der Waals surface area contributed by atoms with Gasteiger partial charge in [-0.1, -0.05) is 18.2 Å². The van der Waals surface area contributed by atoms with Gasteiger partial charge in [-0.3, -0.25) is 14.5 Å². The van der Waals surface area contributed by atoms with E-state index in [0.29, 0.717) is 6.54 Å². The molecule has 1 unspecified atom stereocenters. The predicted octanol–water partition coefficient (Wildman–Crippen LogP) is 2.96. The SMILES string of the molecule is Cc1cc(C)n(C(C)C(=O)Nc2ccc(CCNC[C@H](O)c3cccnc3)cc2)n1. The Bertz CT molecular complexity index is 953. The molecule has 0 aliphatic heterocycles. The molecule has 3 N–H and O–H groups in total. The molecule has 3 rings (SSSR count). The van der Waals surface area contributed by atoms with E-state index >= 15 is 0 Å². The van der Waals surface area contributed by atoms with Gasteiger partial charge in [-0.25, -0.2) is 0 Å². The molecule has 30 heavy (non-hydrogen) atoms. The topological polar surface area (TPSA) is 92.1 Å². The van der Waals surface area contributed by atoms with E-state index in [9.17, 15) is 9.90 Å². The van der Waals surface area contributed by atoms with Crippen LogP contribution >= 0.6 is 0 Å². The molecule has 7 heteroatoms. The zero-order valence-electron chi connectivity index (χ0n) is 17.7. The van der Waals surface area contributed by atoms with Crippen LogP contribution in [0, 0.1) is 13.8 Å². The van der Waals surface area contributed by atoms with Gasteiger partial charge in [0.15, 0.2) is 0 Å². The fourth-order valence-corrected chi connectivity index (χ4v) is 3.31. The summed E-state index contributed by atoms with van der Waals surface area (Å²) in [5, 5.41) is 20.7. The summed E-state index contributed by atoms with van der Waals surface area (Å²) in [6, 6.07) is 13.1. The smallest absolute Gasteiger partial charge is 0.248 e. The summed E-state index contributed by atoms with van der Waals surface area (Å²) in [4.78, 5) is 16.6. The third-order valence-corrected chi connectivity index (χ3v) is 5.01. The van der Waals surface area contributed by atoms with E-state index in [0.717, 1.165) is 41.2 Å². The summed E-state index contributed by atoms with van der Waals surface area (Å²) in [7, 11) is 0. The van der Waals surface area contributed by atoms with Gasteiger partial charge in [0.1, 0.15) is 6.04 Å². The van der Waals surface area contributed by atoms with Gasteiger partial charge in [0.25, 0.3) is 0 Å². The van der Waals surface area contributed by atoms with Crippen LogP contribution in [0.15, 0.2) is 54.9 Å². The fourth-order valence-electron chi connectivity index (χ4n) is 3.31. The molecule has 3 aromatic rings. The van der Waals surface area contributed by atoms with E-state index in [4.69, 9.17) is 0 Å². The third kappa shape index (κ3) is 5.75. The largest absolute Gasteiger partial charge is 0.387 e. The lowest BCUT2D eigenvalue weighted by molar-refractivity contribution is -0.119. The Labute approximate surface area is 177 Å². The van der Waals surface area contributed by atoms with Crippen molar-refractivity contribution in [3.63, 3.8) is 0 Å². The molecule has 7 nitrogen and oxygen atoms in total. The molecular weight excluding hydrogens is 378 g/mol. The first-order chi connectivity index (χ1) is 14.4. The highest BCUT2D eigenvalue weighted by Gasteiger charge is 2.18. The molecule has 0 saturated heterocycles. The molecular formula is C23H29N5O2. The summed E-state index contributed by atoms with van der Waals surface area (Å²) in [5.74, 6) is -0.0972. The van der Waals surface area contributed by atoms with Crippen molar-refractivity contribution < 1.29 is 9.90 Å². The summed E-state index contributed by atoms with van der Waals surface area (Å²) in [6.45, 7) is 6.93. The van der Waals surface area contributed by atoms with Crippen LogP contribution in [0.25, 0.3) is 0 Å². The summed E-state index contributed by atoms with van der Waals surface area (Å²) >= 11 is 0. The van der Waals surface area contributed by atoms with Crippen LogP contribution in [0.5, 0.6) is 0 Å². The van der Waals surface area contributed by atoms with Crippen LogP contribution < -0.4 is 10.6 Å². The Balaban J connectivity index is 1.44. The molecule has 1 amide bonds. The molecule has 2 aromatic heterocycles. The lowest BCUT2D eigenvalue weighted by Gasteiger charge is -2.15. The van der Waals surface area contributed by atoms with Crippen molar-refractivity contribution in [1.29, 1.82) is 0 Å². The summed E-state index contributed by atoms with van der Waals surface area (Å²) in [6.07, 6.45) is 3.63. The van der Waals surface area contributed by atoms with E-state index in [2.05, 4.69) is 20.7 Å². The van der Waals surface area contributed by atoms with E-state index in [1.54, 1.807) is 17.1 Å². The first-order valence-electron chi connectivity index (χ1n) is 10.2. The Hall–Kier alpha value is -3.03.